The van der Waals surface area contributed by atoms with Gasteiger partial charge in [0.25, 0.3) is 0 Å². The minimum Gasteiger partial charge on any atom is -0.493 e. The maximum atomic E-state index is 14.2. The molecule has 4 aromatic rings. The van der Waals surface area contributed by atoms with Crippen molar-refractivity contribution in [1.29, 1.82) is 0 Å². The molecule has 0 saturated heterocycles. The van der Waals surface area contributed by atoms with Gasteiger partial charge in [-0.25, -0.2) is 0 Å². The van der Waals surface area contributed by atoms with E-state index in [4.69, 9.17) is 9.47 Å². The Morgan fingerprint density at radius 2 is 1.18 bits per heavy atom. The molecule has 34 heavy (non-hydrogen) atoms. The maximum Gasteiger partial charge on any atom is 0.239 e. The fourth-order valence-corrected chi connectivity index (χ4v) is 4.55. The molecule has 0 aliphatic heterocycles. The number of para-hydroxylation sites is 1. The fraction of sp³-hybridized carbons (Fsp3) is 0.167. The first kappa shape index (κ1) is 23.1. The van der Waals surface area contributed by atoms with E-state index in [1.54, 1.807) is 14.2 Å². The Morgan fingerprint density at radius 3 is 1.62 bits per heavy atom. The summed E-state index contributed by atoms with van der Waals surface area (Å²) in [5.74, 6) is 1.30. The van der Waals surface area contributed by atoms with E-state index in [0.717, 1.165) is 22.3 Å². The van der Waals surface area contributed by atoms with Gasteiger partial charge in [0.05, 0.1) is 14.2 Å². The molecule has 4 aromatic carbocycles. The predicted octanol–water partition coefficient (Wildman–Crippen LogP) is 5.40. The first-order chi connectivity index (χ1) is 16.7. The molecule has 0 bridgehead atoms. The number of benzene rings is 4. The van der Waals surface area contributed by atoms with E-state index >= 15 is 0 Å². The van der Waals surface area contributed by atoms with Gasteiger partial charge in [0.15, 0.2) is 11.5 Å². The smallest absolute Gasteiger partial charge is 0.239 e. The van der Waals surface area contributed by atoms with Crippen LogP contribution in [0.2, 0.25) is 0 Å². The SMILES string of the molecule is COc1cccc(CCNC(=O)C(c2ccccc2)(c2ccccc2)c2ccccc2)c1OC. The Morgan fingerprint density at radius 1 is 0.676 bits per heavy atom. The average molecular weight is 452 g/mol. The molecule has 4 heteroatoms. The van der Waals surface area contributed by atoms with E-state index in [-0.39, 0.29) is 5.91 Å². The van der Waals surface area contributed by atoms with Crippen LogP contribution in [0.1, 0.15) is 22.3 Å². The third kappa shape index (κ3) is 4.40. The Bertz CT molecular complexity index is 1110. The van der Waals surface area contributed by atoms with Crippen molar-refractivity contribution in [3.05, 3.63) is 131 Å². The highest BCUT2D eigenvalue weighted by atomic mass is 16.5. The van der Waals surface area contributed by atoms with Crippen molar-refractivity contribution in [1.82, 2.24) is 5.32 Å². The molecule has 172 valence electrons. The molecule has 4 nitrogen and oxygen atoms in total. The molecule has 0 spiro atoms. The van der Waals surface area contributed by atoms with Crippen molar-refractivity contribution in [2.24, 2.45) is 0 Å². The largest absolute Gasteiger partial charge is 0.493 e. The summed E-state index contributed by atoms with van der Waals surface area (Å²) in [6, 6.07) is 35.7. The van der Waals surface area contributed by atoms with Gasteiger partial charge in [-0.1, -0.05) is 103 Å². The molecule has 0 aliphatic carbocycles. The normalized spacial score (nSPS) is 11.0. The molecule has 1 N–H and O–H groups in total. The topological polar surface area (TPSA) is 47.6 Å². The fourth-order valence-electron chi connectivity index (χ4n) is 4.55. The van der Waals surface area contributed by atoms with E-state index in [9.17, 15) is 4.79 Å². The molecular weight excluding hydrogens is 422 g/mol. The number of nitrogens with one attached hydrogen (secondary N) is 1. The molecule has 0 atom stereocenters. The minimum atomic E-state index is -0.984. The summed E-state index contributed by atoms with van der Waals surface area (Å²) >= 11 is 0. The summed E-state index contributed by atoms with van der Waals surface area (Å²) in [4.78, 5) is 14.2. The van der Waals surface area contributed by atoms with Gasteiger partial charge in [-0.05, 0) is 34.7 Å². The highest BCUT2D eigenvalue weighted by Gasteiger charge is 2.43. The standard InChI is InChI=1S/C30H29NO3/c1-33-27-20-12-13-23(28(27)34-2)21-22-31-29(32)30(24-14-6-3-7-15-24,25-16-8-4-9-17-25)26-18-10-5-11-19-26/h3-20H,21-22H2,1-2H3,(H,31,32). The third-order valence-electron chi connectivity index (χ3n) is 6.13. The van der Waals surface area contributed by atoms with E-state index < -0.39 is 5.41 Å². The molecule has 0 radical (unpaired) electrons. The number of rotatable bonds is 9. The zero-order valence-corrected chi connectivity index (χ0v) is 19.5. The summed E-state index contributed by atoms with van der Waals surface area (Å²) in [5, 5.41) is 3.22. The van der Waals surface area contributed by atoms with Crippen LogP contribution in [-0.4, -0.2) is 26.7 Å². The van der Waals surface area contributed by atoms with Crippen LogP contribution in [0.4, 0.5) is 0 Å². The lowest BCUT2D eigenvalue weighted by Gasteiger charge is -2.34. The third-order valence-corrected chi connectivity index (χ3v) is 6.13. The first-order valence-corrected chi connectivity index (χ1v) is 11.4. The highest BCUT2D eigenvalue weighted by Crippen LogP contribution is 2.39. The minimum absolute atomic E-state index is 0.0713. The van der Waals surface area contributed by atoms with E-state index in [1.807, 2.05) is 109 Å². The van der Waals surface area contributed by atoms with E-state index in [2.05, 4.69) is 5.32 Å². The lowest BCUT2D eigenvalue weighted by molar-refractivity contribution is -0.124. The zero-order valence-electron chi connectivity index (χ0n) is 19.5. The van der Waals surface area contributed by atoms with Crippen LogP contribution in [0, 0.1) is 0 Å². The van der Waals surface area contributed by atoms with Crippen molar-refractivity contribution in [2.75, 3.05) is 20.8 Å². The summed E-state index contributed by atoms with van der Waals surface area (Å²) in [6.45, 7) is 0.455. The summed E-state index contributed by atoms with van der Waals surface area (Å²) < 4.78 is 11.0. The van der Waals surface area contributed by atoms with Crippen molar-refractivity contribution in [3.8, 4) is 11.5 Å². The van der Waals surface area contributed by atoms with Crippen molar-refractivity contribution in [3.63, 3.8) is 0 Å². The average Bonchev–Trinajstić information content (AvgIpc) is 2.91. The monoisotopic (exact) mass is 451 g/mol. The van der Waals surface area contributed by atoms with Gasteiger partial charge in [0.2, 0.25) is 5.91 Å². The Hall–Kier alpha value is -4.05. The second-order valence-electron chi connectivity index (χ2n) is 8.01. The van der Waals surface area contributed by atoms with Crippen LogP contribution in [0.25, 0.3) is 0 Å². The number of carbonyl (C=O) groups is 1. The number of hydrogen-bond donors (Lipinski definition) is 1. The quantitative estimate of drug-likeness (QED) is 0.347. The summed E-state index contributed by atoms with van der Waals surface area (Å²) in [6.07, 6.45) is 0.612. The highest BCUT2D eigenvalue weighted by molar-refractivity contribution is 5.96. The first-order valence-electron chi connectivity index (χ1n) is 11.4. The second kappa shape index (κ2) is 10.7. The van der Waals surface area contributed by atoms with Crippen LogP contribution < -0.4 is 14.8 Å². The number of hydrogen-bond acceptors (Lipinski definition) is 3. The van der Waals surface area contributed by atoms with Gasteiger partial charge in [-0.3, -0.25) is 4.79 Å². The molecule has 4 rings (SSSR count). The number of carbonyl (C=O) groups excluding carboxylic acids is 1. The second-order valence-corrected chi connectivity index (χ2v) is 8.01. The van der Waals surface area contributed by atoms with Gasteiger partial charge in [-0.15, -0.1) is 0 Å². The van der Waals surface area contributed by atoms with Crippen molar-refractivity contribution >= 4 is 5.91 Å². The van der Waals surface area contributed by atoms with Crippen molar-refractivity contribution in [2.45, 2.75) is 11.8 Å². The number of amides is 1. The Kier molecular flexibility index (Phi) is 7.28. The maximum absolute atomic E-state index is 14.2. The van der Waals surface area contributed by atoms with Gasteiger partial charge in [-0.2, -0.15) is 0 Å². The Labute approximate surface area is 201 Å². The lowest BCUT2D eigenvalue weighted by Crippen LogP contribution is -2.46. The molecule has 1 amide bonds. The van der Waals surface area contributed by atoms with Crippen LogP contribution >= 0.6 is 0 Å². The van der Waals surface area contributed by atoms with E-state index in [1.165, 1.54) is 0 Å². The molecule has 0 fully saturated rings. The van der Waals surface area contributed by atoms with Crippen LogP contribution in [-0.2, 0) is 16.6 Å². The van der Waals surface area contributed by atoms with Gasteiger partial charge >= 0.3 is 0 Å². The van der Waals surface area contributed by atoms with Crippen LogP contribution in [0.3, 0.4) is 0 Å². The number of ether oxygens (including phenoxy) is 2. The van der Waals surface area contributed by atoms with Crippen LogP contribution in [0.15, 0.2) is 109 Å². The van der Waals surface area contributed by atoms with E-state index in [0.29, 0.717) is 24.5 Å². The van der Waals surface area contributed by atoms with Crippen LogP contribution in [0.5, 0.6) is 11.5 Å². The van der Waals surface area contributed by atoms with Gasteiger partial charge in [0.1, 0.15) is 5.41 Å². The Balaban J connectivity index is 1.72. The number of methoxy groups -OCH3 is 2. The molecular formula is C30H29NO3. The molecule has 0 saturated carbocycles. The molecule has 0 aromatic heterocycles. The van der Waals surface area contributed by atoms with Gasteiger partial charge < -0.3 is 14.8 Å². The summed E-state index contributed by atoms with van der Waals surface area (Å²) in [5.41, 5.74) is 2.76. The van der Waals surface area contributed by atoms with Crippen molar-refractivity contribution < 1.29 is 14.3 Å². The molecule has 0 heterocycles. The van der Waals surface area contributed by atoms with Gasteiger partial charge in [0, 0.05) is 6.54 Å². The zero-order chi connectivity index (χ0) is 23.8. The lowest BCUT2D eigenvalue weighted by atomic mass is 9.68. The molecule has 0 unspecified atom stereocenters. The molecule has 0 aliphatic rings. The predicted molar refractivity (Wildman–Crippen MR) is 135 cm³/mol. The summed E-state index contributed by atoms with van der Waals surface area (Å²) in [7, 11) is 3.25.